The van der Waals surface area contributed by atoms with Crippen molar-refractivity contribution in [3.63, 3.8) is 0 Å². The van der Waals surface area contributed by atoms with E-state index in [1.165, 1.54) is 6.07 Å². The molecule has 0 spiro atoms. The maximum Gasteiger partial charge on any atom is 0.243 e. The molecule has 1 aromatic carbocycles. The van der Waals surface area contributed by atoms with E-state index in [2.05, 4.69) is 0 Å². The molecule has 0 bridgehead atoms. The maximum atomic E-state index is 13.6. The molecule has 6 heteroatoms. The molecule has 20 heavy (non-hydrogen) atoms. The summed E-state index contributed by atoms with van der Waals surface area (Å²) in [5.41, 5.74) is 6.30. The lowest BCUT2D eigenvalue weighted by Gasteiger charge is -2.25. The molecule has 0 radical (unpaired) electrons. The molecule has 0 amide bonds. The quantitative estimate of drug-likeness (QED) is 0.873. The highest BCUT2D eigenvalue weighted by Gasteiger charge is 2.36. The number of sulfonamides is 1. The Hall–Kier alpha value is -1.14. The first-order valence-corrected chi connectivity index (χ1v) is 8.31. The highest BCUT2D eigenvalue weighted by atomic mass is 32.2. The van der Waals surface area contributed by atoms with Gasteiger partial charge < -0.3 is 5.73 Å². The SMILES string of the molecule is CCC1CCCN1S(=O)(=O)c1c(C)cc(F)c(N)c1C. The second-order valence-electron chi connectivity index (χ2n) is 5.36. The number of rotatable bonds is 3. The highest BCUT2D eigenvalue weighted by Crippen LogP contribution is 2.33. The van der Waals surface area contributed by atoms with Crippen molar-refractivity contribution < 1.29 is 12.8 Å². The van der Waals surface area contributed by atoms with Crippen LogP contribution in [0.3, 0.4) is 0 Å². The summed E-state index contributed by atoms with van der Waals surface area (Å²) in [5.74, 6) is -0.563. The molecule has 1 saturated heterocycles. The fraction of sp³-hybridized carbons (Fsp3) is 0.571. The second-order valence-corrected chi connectivity index (χ2v) is 7.19. The lowest BCUT2D eigenvalue weighted by Crippen LogP contribution is -2.36. The zero-order valence-electron chi connectivity index (χ0n) is 12.1. The number of aryl methyl sites for hydroxylation is 1. The number of nitrogen functional groups attached to an aromatic ring is 1. The number of nitrogens with zero attached hydrogens (tertiary/aromatic N) is 1. The van der Waals surface area contributed by atoms with E-state index in [4.69, 9.17) is 5.73 Å². The molecule has 1 heterocycles. The smallest absolute Gasteiger partial charge is 0.243 e. The number of halogens is 1. The number of anilines is 1. The van der Waals surface area contributed by atoms with Crippen LogP contribution in [0.2, 0.25) is 0 Å². The Morgan fingerprint density at radius 2 is 2.10 bits per heavy atom. The molecule has 2 rings (SSSR count). The average molecular weight is 300 g/mol. The van der Waals surface area contributed by atoms with Crippen molar-refractivity contribution in [2.45, 2.75) is 51.0 Å². The molecule has 1 aliphatic rings. The summed E-state index contributed by atoms with van der Waals surface area (Å²) in [6.07, 6.45) is 2.53. The van der Waals surface area contributed by atoms with Gasteiger partial charge in [0.1, 0.15) is 5.82 Å². The molecule has 1 fully saturated rings. The number of nitrogens with two attached hydrogens (primary N) is 1. The van der Waals surface area contributed by atoms with Crippen LogP contribution in [0.25, 0.3) is 0 Å². The number of benzene rings is 1. The standard InChI is InChI=1S/C14H21FN2O2S/c1-4-11-6-5-7-17(11)20(18,19)14-9(2)8-12(15)13(16)10(14)3/h8,11H,4-7,16H2,1-3H3. The molecule has 112 valence electrons. The number of hydrogen-bond acceptors (Lipinski definition) is 3. The Bertz CT molecular complexity index is 629. The van der Waals surface area contributed by atoms with Crippen LogP contribution in [-0.2, 0) is 10.0 Å². The van der Waals surface area contributed by atoms with Crippen molar-refractivity contribution in [2.75, 3.05) is 12.3 Å². The minimum absolute atomic E-state index is 0.0325. The summed E-state index contributed by atoms with van der Waals surface area (Å²) >= 11 is 0. The van der Waals surface area contributed by atoms with Gasteiger partial charge in [0.2, 0.25) is 10.0 Å². The summed E-state index contributed by atoms with van der Waals surface area (Å²) in [6.45, 7) is 5.68. The van der Waals surface area contributed by atoms with E-state index in [9.17, 15) is 12.8 Å². The second kappa shape index (κ2) is 5.33. The predicted molar refractivity (Wildman–Crippen MR) is 77.5 cm³/mol. The van der Waals surface area contributed by atoms with Crippen LogP contribution in [0, 0.1) is 19.7 Å². The maximum absolute atomic E-state index is 13.6. The molecule has 0 aromatic heterocycles. The predicted octanol–water partition coefficient (Wildman–Crippen LogP) is 2.59. The van der Waals surface area contributed by atoms with Crippen molar-refractivity contribution in [3.05, 3.63) is 23.0 Å². The van der Waals surface area contributed by atoms with Crippen LogP contribution >= 0.6 is 0 Å². The van der Waals surface area contributed by atoms with Crippen LogP contribution in [-0.4, -0.2) is 25.3 Å². The molecule has 0 aliphatic carbocycles. The van der Waals surface area contributed by atoms with Crippen LogP contribution in [0.1, 0.15) is 37.3 Å². The molecule has 2 N–H and O–H groups in total. The van der Waals surface area contributed by atoms with Crippen molar-refractivity contribution in [2.24, 2.45) is 0 Å². The first-order valence-electron chi connectivity index (χ1n) is 6.87. The topological polar surface area (TPSA) is 63.4 Å². The fourth-order valence-corrected chi connectivity index (χ4v) is 5.19. The molecule has 0 saturated carbocycles. The fourth-order valence-electron chi connectivity index (χ4n) is 2.98. The summed E-state index contributed by atoms with van der Waals surface area (Å²) in [7, 11) is -3.61. The van der Waals surface area contributed by atoms with Crippen LogP contribution in [0.5, 0.6) is 0 Å². The average Bonchev–Trinajstić information content (AvgIpc) is 2.84. The van der Waals surface area contributed by atoms with E-state index in [0.29, 0.717) is 17.7 Å². The van der Waals surface area contributed by atoms with Crippen molar-refractivity contribution >= 4 is 15.7 Å². The molecule has 1 atom stereocenters. The van der Waals surface area contributed by atoms with Gasteiger partial charge in [-0.05, 0) is 50.3 Å². The molecular weight excluding hydrogens is 279 g/mol. The van der Waals surface area contributed by atoms with E-state index >= 15 is 0 Å². The van der Waals surface area contributed by atoms with Gasteiger partial charge >= 0.3 is 0 Å². The van der Waals surface area contributed by atoms with Gasteiger partial charge in [-0.3, -0.25) is 0 Å². The minimum Gasteiger partial charge on any atom is -0.396 e. The normalized spacial score (nSPS) is 20.5. The van der Waals surface area contributed by atoms with Gasteiger partial charge in [0.25, 0.3) is 0 Å². The molecule has 4 nitrogen and oxygen atoms in total. The molecule has 1 unspecified atom stereocenters. The van der Waals surface area contributed by atoms with Crippen molar-refractivity contribution in [1.29, 1.82) is 0 Å². The van der Waals surface area contributed by atoms with E-state index in [1.54, 1.807) is 18.2 Å². The molecular formula is C14H21FN2O2S. The summed E-state index contributed by atoms with van der Waals surface area (Å²) in [6, 6.07) is 1.23. The highest BCUT2D eigenvalue weighted by molar-refractivity contribution is 7.89. The van der Waals surface area contributed by atoms with Gasteiger partial charge in [-0.15, -0.1) is 0 Å². The summed E-state index contributed by atoms with van der Waals surface area (Å²) in [4.78, 5) is 0.164. The van der Waals surface area contributed by atoms with E-state index in [-0.39, 0.29) is 16.6 Å². The zero-order chi connectivity index (χ0) is 15.1. The van der Waals surface area contributed by atoms with Gasteiger partial charge in [0, 0.05) is 12.6 Å². The summed E-state index contributed by atoms with van der Waals surface area (Å²) < 4.78 is 40.9. The van der Waals surface area contributed by atoms with Gasteiger partial charge in [0.05, 0.1) is 10.6 Å². The van der Waals surface area contributed by atoms with Crippen LogP contribution in [0.15, 0.2) is 11.0 Å². The molecule has 1 aliphatic heterocycles. The first kappa shape index (κ1) is 15.3. The third-order valence-corrected chi connectivity index (χ3v) is 6.31. The van der Waals surface area contributed by atoms with Crippen molar-refractivity contribution in [3.8, 4) is 0 Å². The van der Waals surface area contributed by atoms with Gasteiger partial charge in [-0.25, -0.2) is 12.8 Å². The third-order valence-electron chi connectivity index (χ3n) is 4.06. The van der Waals surface area contributed by atoms with E-state index in [1.807, 2.05) is 6.92 Å². The first-order chi connectivity index (χ1) is 9.30. The molecule has 1 aromatic rings. The van der Waals surface area contributed by atoms with E-state index < -0.39 is 15.8 Å². The van der Waals surface area contributed by atoms with E-state index in [0.717, 1.165) is 19.3 Å². The Morgan fingerprint density at radius 3 is 2.70 bits per heavy atom. The van der Waals surface area contributed by atoms with Gasteiger partial charge in [-0.2, -0.15) is 4.31 Å². The Balaban J connectivity index is 2.58. The third kappa shape index (κ3) is 2.31. The van der Waals surface area contributed by atoms with Gasteiger partial charge in [-0.1, -0.05) is 6.92 Å². The number of hydrogen-bond donors (Lipinski definition) is 1. The van der Waals surface area contributed by atoms with Crippen molar-refractivity contribution in [1.82, 2.24) is 4.31 Å². The monoisotopic (exact) mass is 300 g/mol. The Morgan fingerprint density at radius 1 is 1.45 bits per heavy atom. The largest absolute Gasteiger partial charge is 0.396 e. The van der Waals surface area contributed by atoms with Crippen LogP contribution < -0.4 is 5.73 Å². The summed E-state index contributed by atoms with van der Waals surface area (Å²) in [5, 5.41) is 0. The lowest BCUT2D eigenvalue weighted by atomic mass is 10.1. The lowest BCUT2D eigenvalue weighted by molar-refractivity contribution is 0.379. The Kier molecular flexibility index (Phi) is 4.07. The minimum atomic E-state index is -3.61. The van der Waals surface area contributed by atoms with Crippen LogP contribution in [0.4, 0.5) is 10.1 Å². The zero-order valence-corrected chi connectivity index (χ0v) is 12.9. The Labute approximate surface area is 119 Å². The van der Waals surface area contributed by atoms with Gasteiger partial charge in [0.15, 0.2) is 0 Å².